The first-order valence-electron chi connectivity index (χ1n) is 10.1. The third-order valence-electron chi connectivity index (χ3n) is 5.44. The van der Waals surface area contributed by atoms with Crippen molar-refractivity contribution < 1.29 is 9.59 Å². The topological polar surface area (TPSA) is 61.4 Å². The Bertz CT molecular complexity index is 714. The van der Waals surface area contributed by atoms with Gasteiger partial charge in [-0.05, 0) is 56.2 Å². The van der Waals surface area contributed by atoms with E-state index >= 15 is 0 Å². The SMILES string of the molecule is CC(C)CC(NC(=O)c1ccc(Cl)cc1Cl)C(=O)NC1CCN(C2CC2)CC1. The summed E-state index contributed by atoms with van der Waals surface area (Å²) < 4.78 is 0. The molecule has 1 unspecified atom stereocenters. The van der Waals surface area contributed by atoms with Crippen molar-refractivity contribution in [3.8, 4) is 0 Å². The maximum Gasteiger partial charge on any atom is 0.253 e. The lowest BCUT2D eigenvalue weighted by atomic mass is 10.00. The summed E-state index contributed by atoms with van der Waals surface area (Å²) in [5.41, 5.74) is 0.324. The fourth-order valence-corrected chi connectivity index (χ4v) is 4.26. The maximum atomic E-state index is 12.9. The number of carbonyl (C=O) groups excluding carboxylic acids is 2. The van der Waals surface area contributed by atoms with E-state index in [4.69, 9.17) is 23.2 Å². The van der Waals surface area contributed by atoms with Crippen LogP contribution in [0.3, 0.4) is 0 Å². The molecule has 3 rings (SSSR count). The third-order valence-corrected chi connectivity index (χ3v) is 5.99. The summed E-state index contributed by atoms with van der Waals surface area (Å²) in [6, 6.07) is 5.09. The van der Waals surface area contributed by atoms with Crippen molar-refractivity contribution in [2.45, 2.75) is 64.1 Å². The van der Waals surface area contributed by atoms with Gasteiger partial charge >= 0.3 is 0 Å². The molecule has 0 radical (unpaired) electrons. The number of hydrogen-bond acceptors (Lipinski definition) is 3. The number of halogens is 2. The molecular weight excluding hydrogens is 397 g/mol. The zero-order chi connectivity index (χ0) is 20.3. The largest absolute Gasteiger partial charge is 0.351 e. The molecule has 1 aromatic rings. The van der Waals surface area contributed by atoms with Gasteiger partial charge in [0, 0.05) is 30.2 Å². The molecule has 1 heterocycles. The van der Waals surface area contributed by atoms with Crippen molar-refractivity contribution >= 4 is 35.0 Å². The summed E-state index contributed by atoms with van der Waals surface area (Å²) in [5.74, 6) is -0.198. The second-order valence-corrected chi connectivity index (χ2v) is 9.17. The lowest BCUT2D eigenvalue weighted by molar-refractivity contribution is -0.124. The molecule has 1 aromatic carbocycles. The Hall–Kier alpha value is -1.30. The van der Waals surface area contributed by atoms with Gasteiger partial charge in [0.25, 0.3) is 5.91 Å². The number of piperidine rings is 1. The maximum absolute atomic E-state index is 12.9. The Kier molecular flexibility index (Phi) is 7.24. The molecule has 1 saturated heterocycles. The summed E-state index contributed by atoms with van der Waals surface area (Å²) in [6.45, 7) is 6.15. The Morgan fingerprint density at radius 1 is 1.14 bits per heavy atom. The number of likely N-dealkylation sites (tertiary alicyclic amines) is 1. The van der Waals surface area contributed by atoms with E-state index in [1.54, 1.807) is 12.1 Å². The van der Waals surface area contributed by atoms with E-state index in [-0.39, 0.29) is 28.8 Å². The van der Waals surface area contributed by atoms with Crippen molar-refractivity contribution in [3.63, 3.8) is 0 Å². The summed E-state index contributed by atoms with van der Waals surface area (Å²) in [6.07, 6.45) is 5.13. The third kappa shape index (κ3) is 5.85. The first-order valence-corrected chi connectivity index (χ1v) is 10.9. The molecule has 2 aliphatic rings. The molecule has 154 valence electrons. The van der Waals surface area contributed by atoms with Crippen molar-refractivity contribution in [3.05, 3.63) is 33.8 Å². The van der Waals surface area contributed by atoms with Gasteiger partial charge in [0.2, 0.25) is 5.91 Å². The van der Waals surface area contributed by atoms with Crippen LogP contribution in [0.1, 0.15) is 56.3 Å². The van der Waals surface area contributed by atoms with Gasteiger partial charge in [-0.25, -0.2) is 0 Å². The van der Waals surface area contributed by atoms with Crippen LogP contribution in [-0.2, 0) is 4.79 Å². The second kappa shape index (κ2) is 9.47. The standard InChI is InChI=1S/C21H29Cl2N3O2/c1-13(2)11-19(25-20(27)17-6-3-14(22)12-18(17)23)21(28)24-15-7-9-26(10-8-15)16-4-5-16/h3,6,12-13,15-16,19H,4-5,7-11H2,1-2H3,(H,24,28)(H,25,27). The highest BCUT2D eigenvalue weighted by Gasteiger charge is 2.33. The van der Waals surface area contributed by atoms with E-state index in [1.807, 2.05) is 13.8 Å². The monoisotopic (exact) mass is 425 g/mol. The van der Waals surface area contributed by atoms with E-state index in [0.717, 1.165) is 32.0 Å². The molecular formula is C21H29Cl2N3O2. The van der Waals surface area contributed by atoms with Gasteiger partial charge in [-0.15, -0.1) is 0 Å². The zero-order valence-electron chi connectivity index (χ0n) is 16.5. The van der Waals surface area contributed by atoms with E-state index < -0.39 is 6.04 Å². The Morgan fingerprint density at radius 3 is 2.39 bits per heavy atom. The highest BCUT2D eigenvalue weighted by Crippen LogP contribution is 2.29. The molecule has 7 heteroatoms. The van der Waals surface area contributed by atoms with Crippen LogP contribution in [0.2, 0.25) is 10.0 Å². The van der Waals surface area contributed by atoms with Crippen LogP contribution in [0.5, 0.6) is 0 Å². The average Bonchev–Trinajstić information content (AvgIpc) is 3.46. The molecule has 0 bridgehead atoms. The molecule has 2 N–H and O–H groups in total. The number of benzene rings is 1. The minimum absolute atomic E-state index is 0.114. The highest BCUT2D eigenvalue weighted by molar-refractivity contribution is 6.36. The van der Waals surface area contributed by atoms with Gasteiger partial charge in [0.1, 0.15) is 6.04 Å². The summed E-state index contributed by atoms with van der Waals surface area (Å²) >= 11 is 12.0. The Morgan fingerprint density at radius 2 is 1.82 bits per heavy atom. The molecule has 2 fully saturated rings. The minimum Gasteiger partial charge on any atom is -0.351 e. The Balaban J connectivity index is 1.59. The van der Waals surface area contributed by atoms with Crippen molar-refractivity contribution in [2.24, 2.45) is 5.92 Å². The normalized spacial score (nSPS) is 19.5. The second-order valence-electron chi connectivity index (χ2n) is 8.33. The Labute approximate surface area is 177 Å². The van der Waals surface area contributed by atoms with Crippen LogP contribution in [0.15, 0.2) is 18.2 Å². The quantitative estimate of drug-likeness (QED) is 0.696. The molecule has 1 saturated carbocycles. The van der Waals surface area contributed by atoms with Crippen molar-refractivity contribution in [1.29, 1.82) is 0 Å². The first-order chi connectivity index (χ1) is 13.3. The average molecular weight is 426 g/mol. The fraction of sp³-hybridized carbons (Fsp3) is 0.619. The minimum atomic E-state index is -0.583. The molecule has 2 amide bonds. The number of nitrogens with one attached hydrogen (secondary N) is 2. The molecule has 1 aliphatic carbocycles. The van der Waals surface area contributed by atoms with Crippen LogP contribution in [0.25, 0.3) is 0 Å². The van der Waals surface area contributed by atoms with E-state index in [9.17, 15) is 9.59 Å². The lowest BCUT2D eigenvalue weighted by Gasteiger charge is -2.33. The highest BCUT2D eigenvalue weighted by atomic mass is 35.5. The van der Waals surface area contributed by atoms with Crippen LogP contribution in [0, 0.1) is 5.92 Å². The number of carbonyl (C=O) groups is 2. The first kappa shape index (κ1) is 21.4. The summed E-state index contributed by atoms with van der Waals surface area (Å²) in [7, 11) is 0. The predicted octanol–water partition coefficient (Wildman–Crippen LogP) is 3.88. The van der Waals surface area contributed by atoms with Gasteiger partial charge in [-0.1, -0.05) is 37.0 Å². The van der Waals surface area contributed by atoms with Crippen molar-refractivity contribution in [2.75, 3.05) is 13.1 Å². The fourth-order valence-electron chi connectivity index (χ4n) is 3.76. The van der Waals surface area contributed by atoms with E-state index in [2.05, 4.69) is 15.5 Å². The van der Waals surface area contributed by atoms with E-state index in [0.29, 0.717) is 17.0 Å². The number of amides is 2. The molecule has 5 nitrogen and oxygen atoms in total. The molecule has 28 heavy (non-hydrogen) atoms. The van der Waals surface area contributed by atoms with Gasteiger partial charge < -0.3 is 15.5 Å². The van der Waals surface area contributed by atoms with Crippen molar-refractivity contribution in [1.82, 2.24) is 15.5 Å². The summed E-state index contributed by atoms with van der Waals surface area (Å²) in [4.78, 5) is 28.1. The van der Waals surface area contributed by atoms with Gasteiger partial charge in [-0.3, -0.25) is 9.59 Å². The van der Waals surface area contributed by atoms with Crippen LogP contribution < -0.4 is 10.6 Å². The molecule has 0 aromatic heterocycles. The lowest BCUT2D eigenvalue weighted by Crippen LogP contribution is -2.52. The molecule has 0 spiro atoms. The van der Waals surface area contributed by atoms with Gasteiger partial charge in [-0.2, -0.15) is 0 Å². The van der Waals surface area contributed by atoms with Crippen LogP contribution >= 0.6 is 23.2 Å². The number of hydrogen-bond donors (Lipinski definition) is 2. The predicted molar refractivity (Wildman–Crippen MR) is 113 cm³/mol. The van der Waals surface area contributed by atoms with Crippen LogP contribution in [-0.4, -0.2) is 47.9 Å². The molecule has 1 atom stereocenters. The molecule has 1 aliphatic heterocycles. The van der Waals surface area contributed by atoms with Crippen LogP contribution in [0.4, 0.5) is 0 Å². The summed E-state index contributed by atoms with van der Waals surface area (Å²) in [5, 5.41) is 6.76. The number of rotatable bonds is 7. The zero-order valence-corrected chi connectivity index (χ0v) is 18.0. The van der Waals surface area contributed by atoms with E-state index in [1.165, 1.54) is 18.9 Å². The van der Waals surface area contributed by atoms with Gasteiger partial charge in [0.05, 0.1) is 10.6 Å². The van der Waals surface area contributed by atoms with Gasteiger partial charge in [0.15, 0.2) is 0 Å². The number of nitrogens with zero attached hydrogens (tertiary/aromatic N) is 1. The smallest absolute Gasteiger partial charge is 0.253 e.